The zero-order chi connectivity index (χ0) is 20.5. The van der Waals surface area contributed by atoms with E-state index in [-0.39, 0.29) is 12.5 Å². The number of hydrogen-bond donors (Lipinski definition) is 1. The van der Waals surface area contributed by atoms with Crippen molar-refractivity contribution in [3.05, 3.63) is 59.2 Å². The Bertz CT molecular complexity index is 853. The smallest absolute Gasteiger partial charge is 0.331 e. The normalized spacial score (nSPS) is 10.6. The zero-order valence-electron chi connectivity index (χ0n) is 16.6. The highest BCUT2D eigenvalue weighted by Crippen LogP contribution is 2.28. The molecule has 0 fully saturated rings. The molecule has 0 aliphatic heterocycles. The molecule has 0 aliphatic carbocycles. The summed E-state index contributed by atoms with van der Waals surface area (Å²) in [6.45, 7) is 5.83. The molecule has 0 heterocycles. The largest absolute Gasteiger partial charge is 0.493 e. The number of aryl methyl sites for hydroxylation is 2. The molecule has 28 heavy (non-hydrogen) atoms. The first-order valence-electron chi connectivity index (χ1n) is 8.96. The summed E-state index contributed by atoms with van der Waals surface area (Å²) in [5.74, 6) is 0.214. The van der Waals surface area contributed by atoms with Crippen molar-refractivity contribution in [2.24, 2.45) is 0 Å². The van der Waals surface area contributed by atoms with E-state index < -0.39 is 5.97 Å². The molecule has 0 unspecified atom stereocenters. The molecule has 1 amide bonds. The minimum Gasteiger partial charge on any atom is -0.493 e. The highest BCUT2D eigenvalue weighted by atomic mass is 16.5. The molecule has 0 aromatic heterocycles. The third kappa shape index (κ3) is 5.87. The van der Waals surface area contributed by atoms with Crippen LogP contribution in [0.4, 0.5) is 5.69 Å². The van der Waals surface area contributed by atoms with Crippen LogP contribution in [0.5, 0.6) is 11.5 Å². The van der Waals surface area contributed by atoms with E-state index in [2.05, 4.69) is 5.32 Å². The molecule has 0 atom stereocenters. The maximum Gasteiger partial charge on any atom is 0.331 e. The van der Waals surface area contributed by atoms with Crippen LogP contribution in [0.3, 0.4) is 0 Å². The van der Waals surface area contributed by atoms with Gasteiger partial charge in [0.25, 0.3) is 5.91 Å². The predicted octanol–water partition coefficient (Wildman–Crippen LogP) is 3.91. The number of anilines is 1. The van der Waals surface area contributed by atoms with Crippen LogP contribution in [0.2, 0.25) is 0 Å². The number of amides is 1. The van der Waals surface area contributed by atoms with Crippen LogP contribution < -0.4 is 14.8 Å². The Morgan fingerprint density at radius 3 is 2.43 bits per heavy atom. The fourth-order valence-electron chi connectivity index (χ4n) is 2.60. The number of methoxy groups -OCH3 is 1. The lowest BCUT2D eigenvalue weighted by molar-refractivity contribution is -0.142. The molecule has 2 aromatic carbocycles. The van der Waals surface area contributed by atoms with Crippen LogP contribution in [-0.2, 0) is 14.3 Å². The van der Waals surface area contributed by atoms with E-state index in [1.54, 1.807) is 31.4 Å². The monoisotopic (exact) mass is 383 g/mol. The minimum absolute atomic E-state index is 0.357. The quantitative estimate of drug-likeness (QED) is 0.553. The van der Waals surface area contributed by atoms with Crippen LogP contribution in [-0.4, -0.2) is 32.2 Å². The Morgan fingerprint density at radius 2 is 1.79 bits per heavy atom. The van der Waals surface area contributed by atoms with Gasteiger partial charge in [-0.1, -0.05) is 24.3 Å². The van der Waals surface area contributed by atoms with Crippen LogP contribution in [0.15, 0.2) is 42.5 Å². The van der Waals surface area contributed by atoms with E-state index in [9.17, 15) is 9.59 Å². The number of para-hydroxylation sites is 1. The number of hydrogen-bond acceptors (Lipinski definition) is 5. The highest BCUT2D eigenvalue weighted by Gasteiger charge is 2.09. The summed E-state index contributed by atoms with van der Waals surface area (Å²) in [7, 11) is 1.56. The average Bonchev–Trinajstić information content (AvgIpc) is 2.68. The molecule has 6 heteroatoms. The lowest BCUT2D eigenvalue weighted by Gasteiger charge is -2.11. The third-order valence-corrected chi connectivity index (χ3v) is 3.99. The Hall–Kier alpha value is -3.28. The maximum absolute atomic E-state index is 12.0. The highest BCUT2D eigenvalue weighted by molar-refractivity contribution is 5.95. The summed E-state index contributed by atoms with van der Waals surface area (Å²) in [5, 5.41) is 2.77. The van der Waals surface area contributed by atoms with Crippen LogP contribution in [0.1, 0.15) is 23.6 Å². The molecule has 0 saturated carbocycles. The molecular weight excluding hydrogens is 358 g/mol. The Balaban J connectivity index is 1.91. The van der Waals surface area contributed by atoms with E-state index in [1.807, 2.05) is 39.0 Å². The summed E-state index contributed by atoms with van der Waals surface area (Å²) in [4.78, 5) is 23.9. The molecule has 0 radical (unpaired) electrons. The van der Waals surface area contributed by atoms with Crippen molar-refractivity contribution < 1.29 is 23.8 Å². The van der Waals surface area contributed by atoms with Crippen LogP contribution in [0.25, 0.3) is 6.08 Å². The molecule has 2 aromatic rings. The van der Waals surface area contributed by atoms with Gasteiger partial charge in [0.1, 0.15) is 0 Å². The fraction of sp³-hybridized carbons (Fsp3) is 0.273. The summed E-state index contributed by atoms with van der Waals surface area (Å²) < 4.78 is 15.7. The minimum atomic E-state index is -0.606. The van der Waals surface area contributed by atoms with Gasteiger partial charge >= 0.3 is 5.97 Å². The van der Waals surface area contributed by atoms with E-state index in [0.717, 1.165) is 22.4 Å². The molecule has 0 saturated heterocycles. The van der Waals surface area contributed by atoms with Crippen molar-refractivity contribution in [3.8, 4) is 11.5 Å². The standard InChI is InChI=1S/C22H25NO5/c1-5-27-19-13-17(9-11-18(19)26-4)10-12-21(25)28-14-20(24)23-22-15(2)7-6-8-16(22)3/h6-13H,5,14H2,1-4H3,(H,23,24)/b12-10+. The Morgan fingerprint density at radius 1 is 1.07 bits per heavy atom. The number of nitrogens with one attached hydrogen (secondary N) is 1. The van der Waals surface area contributed by atoms with E-state index in [0.29, 0.717) is 18.1 Å². The van der Waals surface area contributed by atoms with Gasteiger partial charge < -0.3 is 19.5 Å². The first-order valence-corrected chi connectivity index (χ1v) is 8.96. The lowest BCUT2D eigenvalue weighted by Crippen LogP contribution is -2.21. The number of benzene rings is 2. The average molecular weight is 383 g/mol. The molecule has 1 N–H and O–H groups in total. The molecule has 148 valence electrons. The number of ether oxygens (including phenoxy) is 3. The zero-order valence-corrected chi connectivity index (χ0v) is 16.6. The van der Waals surface area contributed by atoms with E-state index in [4.69, 9.17) is 14.2 Å². The van der Waals surface area contributed by atoms with Gasteiger partial charge in [0.05, 0.1) is 13.7 Å². The molecule has 2 rings (SSSR count). The third-order valence-electron chi connectivity index (χ3n) is 3.99. The van der Waals surface area contributed by atoms with Crippen molar-refractivity contribution in [1.29, 1.82) is 0 Å². The summed E-state index contributed by atoms with van der Waals surface area (Å²) >= 11 is 0. The second kappa shape index (κ2) is 10.2. The van der Waals surface area contributed by atoms with Crippen molar-refractivity contribution in [2.75, 3.05) is 25.6 Å². The molecular formula is C22H25NO5. The van der Waals surface area contributed by atoms with Crippen molar-refractivity contribution in [1.82, 2.24) is 0 Å². The van der Waals surface area contributed by atoms with Crippen LogP contribution in [0, 0.1) is 13.8 Å². The van der Waals surface area contributed by atoms with Crippen molar-refractivity contribution >= 4 is 23.6 Å². The fourth-order valence-corrected chi connectivity index (χ4v) is 2.60. The molecule has 0 spiro atoms. The Kier molecular flexibility index (Phi) is 7.63. The van der Waals surface area contributed by atoms with Gasteiger partial charge in [0, 0.05) is 11.8 Å². The van der Waals surface area contributed by atoms with E-state index >= 15 is 0 Å². The van der Waals surface area contributed by atoms with Gasteiger partial charge in [0.2, 0.25) is 0 Å². The number of carbonyl (C=O) groups excluding carboxylic acids is 2. The summed E-state index contributed by atoms with van der Waals surface area (Å²) in [5.41, 5.74) is 3.38. The first-order chi connectivity index (χ1) is 13.4. The van der Waals surface area contributed by atoms with Crippen molar-refractivity contribution in [3.63, 3.8) is 0 Å². The topological polar surface area (TPSA) is 73.9 Å². The number of carbonyl (C=O) groups is 2. The predicted molar refractivity (Wildman–Crippen MR) is 109 cm³/mol. The van der Waals surface area contributed by atoms with Gasteiger partial charge in [-0.3, -0.25) is 4.79 Å². The molecule has 6 nitrogen and oxygen atoms in total. The summed E-state index contributed by atoms with van der Waals surface area (Å²) in [6, 6.07) is 11.0. The van der Waals surface area contributed by atoms with E-state index in [1.165, 1.54) is 6.08 Å². The summed E-state index contributed by atoms with van der Waals surface area (Å²) in [6.07, 6.45) is 2.86. The Labute approximate surface area is 165 Å². The van der Waals surface area contributed by atoms with Gasteiger partial charge in [0.15, 0.2) is 18.1 Å². The van der Waals surface area contributed by atoms with Gasteiger partial charge in [-0.25, -0.2) is 4.79 Å². The number of rotatable bonds is 8. The van der Waals surface area contributed by atoms with Crippen molar-refractivity contribution in [2.45, 2.75) is 20.8 Å². The molecule has 0 bridgehead atoms. The lowest BCUT2D eigenvalue weighted by atomic mass is 10.1. The first kappa shape index (κ1) is 21.0. The van der Waals surface area contributed by atoms with Gasteiger partial charge in [-0.2, -0.15) is 0 Å². The van der Waals surface area contributed by atoms with Gasteiger partial charge in [-0.15, -0.1) is 0 Å². The molecule has 0 aliphatic rings. The second-order valence-corrected chi connectivity index (χ2v) is 6.10. The second-order valence-electron chi connectivity index (χ2n) is 6.10. The van der Waals surface area contributed by atoms with Gasteiger partial charge in [-0.05, 0) is 55.7 Å². The number of esters is 1. The maximum atomic E-state index is 12.0. The SMILES string of the molecule is CCOc1cc(/C=C/C(=O)OCC(=O)Nc2c(C)cccc2C)ccc1OC. The van der Waals surface area contributed by atoms with Crippen LogP contribution >= 0.6 is 0 Å².